The molecule has 3 aliphatic rings. The van der Waals surface area contributed by atoms with Crippen molar-refractivity contribution in [3.05, 3.63) is 41.6 Å². The Morgan fingerprint density at radius 3 is 2.72 bits per heavy atom. The van der Waals surface area contributed by atoms with Crippen LogP contribution in [0.25, 0.3) is 11.3 Å². The Labute approximate surface area is 173 Å². The lowest BCUT2D eigenvalue weighted by Gasteiger charge is -2.28. The Hall–Kier alpha value is -2.16. The van der Waals surface area contributed by atoms with Crippen LogP contribution in [0.15, 0.2) is 30.3 Å². The first-order chi connectivity index (χ1) is 14.2. The van der Waals surface area contributed by atoms with Crippen LogP contribution >= 0.6 is 0 Å². The first kappa shape index (κ1) is 18.8. The second-order valence-electron chi connectivity index (χ2n) is 9.17. The Bertz CT molecular complexity index is 907. The number of hydrogen-bond acceptors (Lipinski definition) is 4. The lowest BCUT2D eigenvalue weighted by Crippen LogP contribution is -2.36. The van der Waals surface area contributed by atoms with Crippen LogP contribution < -0.4 is 0 Å². The van der Waals surface area contributed by atoms with Gasteiger partial charge in [0.05, 0.1) is 23.9 Å². The van der Waals surface area contributed by atoms with Crippen LogP contribution in [-0.2, 0) is 4.74 Å². The third-order valence-corrected chi connectivity index (χ3v) is 7.08. The molecule has 2 aromatic rings. The first-order valence-corrected chi connectivity index (χ1v) is 11.1. The van der Waals surface area contributed by atoms with E-state index in [0.717, 1.165) is 48.9 Å². The molecule has 4 atom stereocenters. The van der Waals surface area contributed by atoms with E-state index < -0.39 is 0 Å². The Morgan fingerprint density at radius 2 is 1.97 bits per heavy atom. The zero-order valence-electron chi connectivity index (χ0n) is 17.4. The summed E-state index contributed by atoms with van der Waals surface area (Å²) in [6.07, 6.45) is 3.80. The monoisotopic (exact) mass is 390 g/mol. The molecule has 3 fully saturated rings. The summed E-state index contributed by atoms with van der Waals surface area (Å²) in [7, 11) is 0. The largest absolute Gasteiger partial charge is 0.380 e. The van der Waals surface area contributed by atoms with Gasteiger partial charge in [-0.25, -0.2) is 0 Å². The van der Waals surface area contributed by atoms with E-state index in [2.05, 4.69) is 41.6 Å². The summed E-state index contributed by atoms with van der Waals surface area (Å²) in [5.74, 6) is 2.26. The SMILES string of the molecule is CC(C)n1nc(-c2cccc(C#N)c2)cc1C1[C@H]2CC(N3CCCOCC3)C[C@@H]12. The molecule has 1 aliphatic heterocycles. The maximum Gasteiger partial charge on any atom is 0.0991 e. The molecule has 0 spiro atoms. The lowest BCUT2D eigenvalue weighted by atomic mass is 10.0. The number of rotatable bonds is 4. The molecular formula is C24H30N4O. The highest BCUT2D eigenvalue weighted by atomic mass is 16.5. The summed E-state index contributed by atoms with van der Waals surface area (Å²) in [5.41, 5.74) is 4.12. The van der Waals surface area contributed by atoms with Gasteiger partial charge >= 0.3 is 0 Å². The molecule has 1 aromatic heterocycles. The number of nitriles is 1. The summed E-state index contributed by atoms with van der Waals surface area (Å²) in [4.78, 5) is 2.68. The van der Waals surface area contributed by atoms with Crippen molar-refractivity contribution in [1.82, 2.24) is 14.7 Å². The van der Waals surface area contributed by atoms with Gasteiger partial charge in [-0.2, -0.15) is 10.4 Å². The van der Waals surface area contributed by atoms with Crippen molar-refractivity contribution in [1.29, 1.82) is 5.26 Å². The van der Waals surface area contributed by atoms with Crippen molar-refractivity contribution < 1.29 is 4.74 Å². The van der Waals surface area contributed by atoms with E-state index in [1.807, 2.05) is 18.2 Å². The van der Waals surface area contributed by atoms with Gasteiger partial charge in [-0.1, -0.05) is 12.1 Å². The van der Waals surface area contributed by atoms with E-state index in [1.165, 1.54) is 31.5 Å². The molecule has 1 saturated heterocycles. The van der Waals surface area contributed by atoms with E-state index in [1.54, 1.807) is 0 Å². The summed E-state index contributed by atoms with van der Waals surface area (Å²) in [5, 5.41) is 14.2. The Kier molecular flexibility index (Phi) is 4.93. The fourth-order valence-corrected chi connectivity index (χ4v) is 5.64. The fraction of sp³-hybridized carbons (Fsp3) is 0.583. The van der Waals surface area contributed by atoms with Gasteiger partial charge < -0.3 is 4.74 Å². The van der Waals surface area contributed by atoms with Gasteiger partial charge in [-0.15, -0.1) is 0 Å². The predicted molar refractivity (Wildman–Crippen MR) is 113 cm³/mol. The van der Waals surface area contributed by atoms with Crippen LogP contribution in [-0.4, -0.2) is 47.0 Å². The van der Waals surface area contributed by atoms with Gasteiger partial charge in [-0.05, 0) is 63.1 Å². The third-order valence-electron chi connectivity index (χ3n) is 7.08. The second-order valence-corrected chi connectivity index (χ2v) is 9.17. The molecule has 5 nitrogen and oxygen atoms in total. The summed E-state index contributed by atoms with van der Waals surface area (Å²) >= 11 is 0. The highest BCUT2D eigenvalue weighted by Gasteiger charge is 2.58. The molecule has 0 radical (unpaired) electrons. The molecule has 5 heteroatoms. The number of ether oxygens (including phenoxy) is 1. The summed E-state index contributed by atoms with van der Waals surface area (Å²) < 4.78 is 7.87. The second kappa shape index (κ2) is 7.59. The number of hydrogen-bond donors (Lipinski definition) is 0. The lowest BCUT2D eigenvalue weighted by molar-refractivity contribution is 0.129. The van der Waals surface area contributed by atoms with Crippen molar-refractivity contribution >= 4 is 0 Å². The molecule has 0 amide bonds. The van der Waals surface area contributed by atoms with E-state index in [9.17, 15) is 5.26 Å². The zero-order chi connectivity index (χ0) is 20.0. The predicted octanol–water partition coefficient (Wildman–Crippen LogP) is 4.22. The van der Waals surface area contributed by atoms with Gasteiger partial charge in [0.1, 0.15) is 0 Å². The van der Waals surface area contributed by atoms with Crippen LogP contribution in [0.3, 0.4) is 0 Å². The van der Waals surface area contributed by atoms with Gasteiger partial charge in [-0.3, -0.25) is 9.58 Å². The van der Waals surface area contributed by atoms with Crippen molar-refractivity contribution in [2.24, 2.45) is 11.8 Å². The number of fused-ring (bicyclic) bond motifs is 1. The molecule has 0 bridgehead atoms. The first-order valence-electron chi connectivity index (χ1n) is 11.1. The molecule has 0 N–H and O–H groups in total. The maximum absolute atomic E-state index is 9.23. The minimum atomic E-state index is 0.345. The third kappa shape index (κ3) is 3.49. The molecule has 2 aliphatic carbocycles. The van der Waals surface area contributed by atoms with Crippen molar-refractivity contribution in [3.8, 4) is 17.3 Å². The van der Waals surface area contributed by atoms with Gasteiger partial charge in [0.15, 0.2) is 0 Å². The minimum absolute atomic E-state index is 0.345. The summed E-state index contributed by atoms with van der Waals surface area (Å²) in [6, 6.07) is 13.4. The van der Waals surface area contributed by atoms with Crippen LogP contribution in [0.5, 0.6) is 0 Å². The fourth-order valence-electron chi connectivity index (χ4n) is 5.64. The van der Waals surface area contributed by atoms with Gasteiger partial charge in [0.2, 0.25) is 0 Å². The maximum atomic E-state index is 9.23. The highest BCUT2D eigenvalue weighted by molar-refractivity contribution is 5.62. The van der Waals surface area contributed by atoms with Crippen molar-refractivity contribution in [2.75, 3.05) is 26.3 Å². The molecule has 29 heavy (non-hydrogen) atoms. The quantitative estimate of drug-likeness (QED) is 0.784. The molecule has 2 unspecified atom stereocenters. The standard InChI is InChI=1S/C24H30N4O/c1-16(2)28-23(14-22(26-28)18-6-3-5-17(11-18)15-25)24-20-12-19(13-21(20)24)27-7-4-9-29-10-8-27/h3,5-6,11,14,16,19-21,24H,4,7-10,12-13H2,1-2H3/t19?,20-,21+,24?. The van der Waals surface area contributed by atoms with Crippen molar-refractivity contribution in [3.63, 3.8) is 0 Å². The molecule has 1 aromatic carbocycles. The average molecular weight is 391 g/mol. The summed E-state index contributed by atoms with van der Waals surface area (Å²) in [6.45, 7) is 8.52. The van der Waals surface area contributed by atoms with Crippen LogP contribution in [0, 0.1) is 23.2 Å². The number of nitrogens with zero attached hydrogens (tertiary/aromatic N) is 4. The Morgan fingerprint density at radius 1 is 1.14 bits per heavy atom. The molecule has 2 heterocycles. The van der Waals surface area contributed by atoms with Gasteiger partial charge in [0, 0.05) is 49.0 Å². The van der Waals surface area contributed by atoms with Crippen LogP contribution in [0.2, 0.25) is 0 Å². The van der Waals surface area contributed by atoms with E-state index in [-0.39, 0.29) is 0 Å². The highest BCUT2D eigenvalue weighted by Crippen LogP contribution is 2.64. The zero-order valence-corrected chi connectivity index (χ0v) is 17.4. The topological polar surface area (TPSA) is 54.1 Å². The molecular weight excluding hydrogens is 360 g/mol. The smallest absolute Gasteiger partial charge is 0.0991 e. The van der Waals surface area contributed by atoms with E-state index in [4.69, 9.17) is 9.84 Å². The van der Waals surface area contributed by atoms with Crippen molar-refractivity contribution in [2.45, 2.75) is 51.1 Å². The number of benzene rings is 1. The van der Waals surface area contributed by atoms with Gasteiger partial charge in [0.25, 0.3) is 0 Å². The van der Waals surface area contributed by atoms with Crippen LogP contribution in [0.4, 0.5) is 0 Å². The number of aromatic nitrogens is 2. The normalized spacial score (nSPS) is 29.4. The molecule has 5 rings (SSSR count). The van der Waals surface area contributed by atoms with E-state index >= 15 is 0 Å². The van der Waals surface area contributed by atoms with Crippen LogP contribution in [0.1, 0.15) is 56.3 Å². The minimum Gasteiger partial charge on any atom is -0.380 e. The molecule has 2 saturated carbocycles. The average Bonchev–Trinajstić information content (AvgIpc) is 3.07. The molecule has 152 valence electrons. The Balaban J connectivity index is 1.35. The van der Waals surface area contributed by atoms with E-state index in [0.29, 0.717) is 17.5 Å².